The zero-order chi connectivity index (χ0) is 18.5. The van der Waals surface area contributed by atoms with Gasteiger partial charge in [0.1, 0.15) is 6.33 Å². The topological polar surface area (TPSA) is 72.5 Å². The summed E-state index contributed by atoms with van der Waals surface area (Å²) in [5, 5.41) is 11.7. The number of pyridine rings is 1. The van der Waals surface area contributed by atoms with Crippen LogP contribution in [0.15, 0.2) is 78.3 Å². The number of imidazole rings is 1. The molecule has 134 valence electrons. The maximum atomic E-state index is 8.68. The van der Waals surface area contributed by atoms with Gasteiger partial charge in [-0.15, -0.1) is 0 Å². The van der Waals surface area contributed by atoms with Gasteiger partial charge in [-0.3, -0.25) is 9.55 Å². The van der Waals surface area contributed by atoms with E-state index in [1.807, 2.05) is 59.2 Å². The first kappa shape index (κ1) is 16.9. The van der Waals surface area contributed by atoms with Gasteiger partial charge < -0.3 is 9.94 Å². The molecule has 0 aliphatic rings. The van der Waals surface area contributed by atoms with E-state index in [1.165, 1.54) is 6.21 Å². The highest BCUT2D eigenvalue weighted by Gasteiger charge is 2.06. The second-order valence-electron chi connectivity index (χ2n) is 6.09. The van der Waals surface area contributed by atoms with Crippen LogP contribution in [0.3, 0.4) is 0 Å². The molecule has 27 heavy (non-hydrogen) atoms. The zero-order valence-corrected chi connectivity index (χ0v) is 14.6. The summed E-state index contributed by atoms with van der Waals surface area (Å²) in [4.78, 5) is 8.71. The Morgan fingerprint density at radius 3 is 2.81 bits per heavy atom. The molecular weight excluding hydrogens is 340 g/mol. The van der Waals surface area contributed by atoms with Crippen LogP contribution in [-0.2, 0) is 18.0 Å². The van der Waals surface area contributed by atoms with Crippen LogP contribution in [0.25, 0.3) is 16.7 Å². The van der Waals surface area contributed by atoms with Crippen LogP contribution >= 0.6 is 0 Å². The number of aromatic nitrogens is 3. The molecule has 0 spiro atoms. The maximum Gasteiger partial charge on any atom is 0.100 e. The van der Waals surface area contributed by atoms with E-state index in [2.05, 4.69) is 21.2 Å². The molecule has 0 aliphatic heterocycles. The fourth-order valence-corrected chi connectivity index (χ4v) is 2.94. The molecule has 4 rings (SSSR count). The van der Waals surface area contributed by atoms with Crippen molar-refractivity contribution in [3.05, 3.63) is 90.0 Å². The molecule has 6 nitrogen and oxygen atoms in total. The third-order valence-corrected chi connectivity index (χ3v) is 4.21. The van der Waals surface area contributed by atoms with Gasteiger partial charge in [0, 0.05) is 11.9 Å². The van der Waals surface area contributed by atoms with Crippen molar-refractivity contribution in [1.29, 1.82) is 0 Å². The minimum atomic E-state index is 0.480. The van der Waals surface area contributed by atoms with E-state index in [0.717, 1.165) is 33.5 Å². The van der Waals surface area contributed by atoms with Gasteiger partial charge in [-0.1, -0.05) is 29.4 Å². The number of benzene rings is 2. The van der Waals surface area contributed by atoms with Crippen LogP contribution in [0.5, 0.6) is 0 Å². The van der Waals surface area contributed by atoms with Crippen molar-refractivity contribution in [1.82, 2.24) is 14.5 Å². The Bertz CT molecular complexity index is 1070. The molecule has 2 aromatic carbocycles. The minimum Gasteiger partial charge on any atom is -0.411 e. The highest BCUT2D eigenvalue weighted by molar-refractivity contribution is 5.87. The molecule has 1 N–H and O–H groups in total. The Kier molecular flexibility index (Phi) is 4.89. The lowest BCUT2D eigenvalue weighted by Gasteiger charge is -2.08. The Morgan fingerprint density at radius 2 is 1.96 bits per heavy atom. The SMILES string of the molecule is O/N=C\c1ccc2c(c1)ncn2-c1cccc(COCc2ccccn2)c1. The van der Waals surface area contributed by atoms with E-state index in [4.69, 9.17) is 9.94 Å². The van der Waals surface area contributed by atoms with Gasteiger partial charge in [0.2, 0.25) is 0 Å². The first-order valence-electron chi connectivity index (χ1n) is 8.55. The Morgan fingerprint density at radius 1 is 1.00 bits per heavy atom. The van der Waals surface area contributed by atoms with Gasteiger partial charge in [0.25, 0.3) is 0 Å². The molecule has 0 fully saturated rings. The molecule has 0 saturated carbocycles. The molecule has 6 heteroatoms. The number of fused-ring (bicyclic) bond motifs is 1. The van der Waals surface area contributed by atoms with Crippen molar-refractivity contribution in [2.24, 2.45) is 5.16 Å². The highest BCUT2D eigenvalue weighted by atomic mass is 16.5. The standard InChI is InChI=1S/C21H18N4O2/c26-24-12-16-7-8-21-20(11-16)23-15-25(21)19-6-3-4-17(10-19)13-27-14-18-5-1-2-9-22-18/h1-12,15,26H,13-14H2/b24-12-. The summed E-state index contributed by atoms with van der Waals surface area (Å²) in [6.45, 7) is 0.989. The van der Waals surface area contributed by atoms with Crippen molar-refractivity contribution in [2.75, 3.05) is 0 Å². The molecule has 0 radical (unpaired) electrons. The monoisotopic (exact) mass is 358 g/mol. The second kappa shape index (κ2) is 7.80. The Labute approximate surface area is 156 Å². The lowest BCUT2D eigenvalue weighted by molar-refractivity contribution is 0.104. The predicted octanol–water partition coefficient (Wildman–Crippen LogP) is 3.95. The van der Waals surface area contributed by atoms with Crippen LogP contribution in [0, 0.1) is 0 Å². The molecule has 0 bridgehead atoms. The molecule has 0 aliphatic carbocycles. The van der Waals surface area contributed by atoms with Gasteiger partial charge in [-0.2, -0.15) is 0 Å². The summed E-state index contributed by atoms with van der Waals surface area (Å²) < 4.78 is 7.81. The molecule has 0 amide bonds. The van der Waals surface area contributed by atoms with Crippen molar-refractivity contribution < 1.29 is 9.94 Å². The molecule has 0 unspecified atom stereocenters. The third-order valence-electron chi connectivity index (χ3n) is 4.21. The normalized spacial score (nSPS) is 11.4. The average molecular weight is 358 g/mol. The van der Waals surface area contributed by atoms with Crippen molar-refractivity contribution in [3.63, 3.8) is 0 Å². The van der Waals surface area contributed by atoms with E-state index < -0.39 is 0 Å². The summed E-state index contributed by atoms with van der Waals surface area (Å²) in [6.07, 6.45) is 4.94. The summed E-state index contributed by atoms with van der Waals surface area (Å²) in [5.74, 6) is 0. The van der Waals surface area contributed by atoms with Gasteiger partial charge in [-0.25, -0.2) is 4.98 Å². The molecule has 0 saturated heterocycles. The van der Waals surface area contributed by atoms with Gasteiger partial charge >= 0.3 is 0 Å². The smallest absolute Gasteiger partial charge is 0.100 e. The van der Waals surface area contributed by atoms with Crippen LogP contribution in [0.2, 0.25) is 0 Å². The quantitative estimate of drug-likeness (QED) is 0.322. The third kappa shape index (κ3) is 3.86. The number of oxime groups is 1. The number of nitrogens with zero attached hydrogens (tertiary/aromatic N) is 4. The number of hydrogen-bond donors (Lipinski definition) is 1. The molecule has 4 aromatic rings. The lowest BCUT2D eigenvalue weighted by atomic mass is 10.2. The molecular formula is C21H18N4O2. The minimum absolute atomic E-state index is 0.480. The predicted molar refractivity (Wildman–Crippen MR) is 103 cm³/mol. The van der Waals surface area contributed by atoms with E-state index in [9.17, 15) is 0 Å². The van der Waals surface area contributed by atoms with Crippen molar-refractivity contribution >= 4 is 17.2 Å². The molecule has 2 heterocycles. The van der Waals surface area contributed by atoms with Crippen molar-refractivity contribution in [2.45, 2.75) is 13.2 Å². The summed E-state index contributed by atoms with van der Waals surface area (Å²) in [5.41, 5.74) is 5.62. The first-order chi connectivity index (χ1) is 13.3. The van der Waals surface area contributed by atoms with Crippen LogP contribution in [0.1, 0.15) is 16.8 Å². The number of ether oxygens (including phenoxy) is 1. The van der Waals surface area contributed by atoms with Crippen LogP contribution in [0.4, 0.5) is 0 Å². The Balaban J connectivity index is 1.53. The summed E-state index contributed by atoms with van der Waals surface area (Å²) in [6, 6.07) is 19.7. The van der Waals surface area contributed by atoms with Crippen LogP contribution < -0.4 is 0 Å². The number of rotatable bonds is 6. The lowest BCUT2D eigenvalue weighted by Crippen LogP contribution is -1.98. The van der Waals surface area contributed by atoms with Gasteiger partial charge in [-0.05, 0) is 47.5 Å². The van der Waals surface area contributed by atoms with Crippen LogP contribution in [-0.4, -0.2) is 26.0 Å². The van der Waals surface area contributed by atoms with E-state index in [1.54, 1.807) is 12.5 Å². The number of hydrogen-bond acceptors (Lipinski definition) is 5. The van der Waals surface area contributed by atoms with E-state index >= 15 is 0 Å². The zero-order valence-electron chi connectivity index (χ0n) is 14.6. The van der Waals surface area contributed by atoms with E-state index in [-0.39, 0.29) is 0 Å². The summed E-state index contributed by atoms with van der Waals surface area (Å²) >= 11 is 0. The summed E-state index contributed by atoms with van der Waals surface area (Å²) in [7, 11) is 0. The van der Waals surface area contributed by atoms with E-state index in [0.29, 0.717) is 13.2 Å². The van der Waals surface area contributed by atoms with Crippen molar-refractivity contribution in [3.8, 4) is 5.69 Å². The Hall–Kier alpha value is -3.51. The molecule has 0 atom stereocenters. The average Bonchev–Trinajstić information content (AvgIpc) is 3.13. The van der Waals surface area contributed by atoms with Gasteiger partial charge in [0.15, 0.2) is 0 Å². The molecule has 2 aromatic heterocycles. The van der Waals surface area contributed by atoms with Gasteiger partial charge in [0.05, 0.1) is 36.2 Å². The largest absolute Gasteiger partial charge is 0.411 e. The highest BCUT2D eigenvalue weighted by Crippen LogP contribution is 2.20. The fraction of sp³-hybridized carbons (Fsp3) is 0.0952. The first-order valence-corrected chi connectivity index (χ1v) is 8.55. The second-order valence-corrected chi connectivity index (χ2v) is 6.09. The fourth-order valence-electron chi connectivity index (χ4n) is 2.94. The maximum absolute atomic E-state index is 8.68.